The summed E-state index contributed by atoms with van der Waals surface area (Å²) in [4.78, 5) is 4.24. The number of aryl methyl sites for hydroxylation is 2. The molecule has 0 aliphatic heterocycles. The molecule has 262 valence electrons. The lowest BCUT2D eigenvalue weighted by molar-refractivity contribution is -0.778. The van der Waals surface area contributed by atoms with Gasteiger partial charge in [-0.25, -0.2) is 16.8 Å². The first-order valence-electron chi connectivity index (χ1n) is 13.6. The van der Waals surface area contributed by atoms with E-state index < -0.39 is 31.3 Å². The predicted octanol–water partition coefficient (Wildman–Crippen LogP) is 4.53. The van der Waals surface area contributed by atoms with Gasteiger partial charge in [-0.05, 0) is 46.5 Å². The molecule has 0 bridgehead atoms. The Morgan fingerprint density at radius 1 is 0.500 bits per heavy atom. The highest BCUT2D eigenvalue weighted by molar-refractivity contribution is 7.86. The van der Waals surface area contributed by atoms with E-state index in [9.17, 15) is 26.3 Å². The van der Waals surface area contributed by atoms with E-state index in [0.29, 0.717) is 0 Å². The minimum Gasteiger partial charge on any atom is -0.741 e. The zero-order chi connectivity index (χ0) is 36.5. The van der Waals surface area contributed by atoms with Crippen LogP contribution in [0, 0.1) is 0 Å². The number of rotatable bonds is 7. The van der Waals surface area contributed by atoms with E-state index in [1.54, 1.807) is 0 Å². The van der Waals surface area contributed by atoms with Gasteiger partial charge in [-0.3, -0.25) is 0 Å². The zero-order valence-electron chi connectivity index (χ0n) is 26.0. The SMILES string of the molecule is CN(C)c1ccc(-c2cc[n+](CC[n+]3ccc(-c4ccc(N(C)C)cc4)cc3)cc2)cc1.O=S(=O)([O-])C(F)(F)F.O=S(=O)([O-])C(F)(F)F. The highest BCUT2D eigenvalue weighted by atomic mass is 32.2. The van der Waals surface area contributed by atoms with Crippen LogP contribution in [0.4, 0.5) is 37.7 Å². The van der Waals surface area contributed by atoms with Gasteiger partial charge in [0.15, 0.2) is 45.0 Å². The number of benzene rings is 2. The third-order valence-corrected chi connectivity index (χ3v) is 7.53. The Labute approximate surface area is 274 Å². The second-order valence-corrected chi connectivity index (χ2v) is 13.1. The summed E-state index contributed by atoms with van der Waals surface area (Å²) in [6, 6.07) is 26.1. The normalized spacial score (nSPS) is 11.8. The van der Waals surface area contributed by atoms with Gasteiger partial charge in [0, 0.05) is 63.8 Å². The van der Waals surface area contributed by atoms with Gasteiger partial charge in [-0.1, -0.05) is 24.3 Å². The average Bonchev–Trinajstić information content (AvgIpc) is 2.99. The topological polar surface area (TPSA) is 129 Å². The van der Waals surface area contributed by atoms with Crippen LogP contribution in [0.25, 0.3) is 22.3 Å². The first-order valence-corrected chi connectivity index (χ1v) is 16.4. The molecule has 2 heterocycles. The van der Waals surface area contributed by atoms with Crippen molar-refractivity contribution in [3.05, 3.63) is 97.6 Å². The van der Waals surface area contributed by atoms with E-state index in [-0.39, 0.29) is 0 Å². The van der Waals surface area contributed by atoms with Gasteiger partial charge in [0.1, 0.15) is 0 Å². The molecule has 0 N–H and O–H groups in total. The van der Waals surface area contributed by atoms with Gasteiger partial charge in [-0.15, -0.1) is 0 Å². The molecule has 2 aromatic heterocycles. The van der Waals surface area contributed by atoms with Crippen LogP contribution in [0.2, 0.25) is 0 Å². The van der Waals surface area contributed by atoms with E-state index in [0.717, 1.165) is 13.1 Å². The first-order chi connectivity index (χ1) is 22.0. The number of nitrogens with zero attached hydrogens (tertiary/aromatic N) is 4. The molecule has 0 saturated carbocycles. The van der Waals surface area contributed by atoms with Gasteiger partial charge >= 0.3 is 11.0 Å². The van der Waals surface area contributed by atoms with Crippen molar-refractivity contribution in [1.29, 1.82) is 0 Å². The van der Waals surface area contributed by atoms with Crippen LogP contribution >= 0.6 is 0 Å². The fourth-order valence-corrected chi connectivity index (χ4v) is 3.73. The maximum Gasteiger partial charge on any atom is 0.485 e. The zero-order valence-corrected chi connectivity index (χ0v) is 27.6. The molecular formula is C30H32F6N4O6S2. The monoisotopic (exact) mass is 722 g/mol. The molecule has 18 heteroatoms. The van der Waals surface area contributed by atoms with E-state index in [2.05, 4.69) is 145 Å². The highest BCUT2D eigenvalue weighted by Crippen LogP contribution is 2.23. The third-order valence-electron chi connectivity index (χ3n) is 6.40. The van der Waals surface area contributed by atoms with Crippen molar-refractivity contribution in [3.8, 4) is 22.3 Å². The lowest BCUT2D eigenvalue weighted by Gasteiger charge is -2.12. The Kier molecular flexibility index (Phi) is 13.5. The summed E-state index contributed by atoms with van der Waals surface area (Å²) >= 11 is 0. The molecule has 0 aliphatic carbocycles. The second kappa shape index (κ2) is 16.2. The minimum atomic E-state index is -6.09. The fraction of sp³-hybridized carbons (Fsp3) is 0.267. The summed E-state index contributed by atoms with van der Waals surface area (Å²) in [5.74, 6) is 0. The van der Waals surface area contributed by atoms with Crippen LogP contribution in [0.3, 0.4) is 0 Å². The Bertz CT molecular complexity index is 1680. The van der Waals surface area contributed by atoms with Crippen LogP contribution in [-0.2, 0) is 33.3 Å². The van der Waals surface area contributed by atoms with E-state index in [1.807, 2.05) is 0 Å². The largest absolute Gasteiger partial charge is 0.741 e. The number of alkyl halides is 6. The van der Waals surface area contributed by atoms with Crippen molar-refractivity contribution >= 4 is 31.6 Å². The quantitative estimate of drug-likeness (QED) is 0.118. The fourth-order valence-electron chi connectivity index (χ4n) is 3.73. The molecule has 0 fully saturated rings. The number of anilines is 2. The standard InChI is InChI=1S/C28H32N4.2CHF3O3S/c1-29(2)27-9-5-23(6-10-27)25-13-17-31(18-14-25)21-22-32-19-15-26(16-20-32)24-7-11-28(12-8-24)30(3)4;2*2-1(3,4)8(5,6)7/h5-20H,21-22H2,1-4H3;2*(H,5,6,7)/q+2;;/p-2. The number of hydrogen-bond acceptors (Lipinski definition) is 8. The maximum absolute atomic E-state index is 10.7. The average molecular weight is 723 g/mol. The van der Waals surface area contributed by atoms with Gasteiger partial charge in [0.05, 0.1) is 0 Å². The highest BCUT2D eigenvalue weighted by Gasteiger charge is 2.37. The molecule has 0 unspecified atom stereocenters. The predicted molar refractivity (Wildman–Crippen MR) is 164 cm³/mol. The van der Waals surface area contributed by atoms with Crippen LogP contribution in [0.15, 0.2) is 97.6 Å². The van der Waals surface area contributed by atoms with Crippen LogP contribution in [0.1, 0.15) is 0 Å². The Morgan fingerprint density at radius 2 is 0.708 bits per heavy atom. The molecule has 10 nitrogen and oxygen atoms in total. The lowest BCUT2D eigenvalue weighted by atomic mass is 10.1. The summed E-state index contributed by atoms with van der Waals surface area (Å²) < 4.78 is 122. The molecule has 0 saturated heterocycles. The minimum absolute atomic E-state index is 0.932. The van der Waals surface area contributed by atoms with E-state index in [1.165, 1.54) is 33.6 Å². The molecule has 2 aromatic carbocycles. The smallest absolute Gasteiger partial charge is 0.485 e. The summed E-state index contributed by atoms with van der Waals surface area (Å²) in [6.07, 6.45) is 8.65. The van der Waals surface area contributed by atoms with Crippen molar-refractivity contribution in [3.63, 3.8) is 0 Å². The molecule has 4 rings (SSSR count). The maximum atomic E-state index is 10.7. The van der Waals surface area contributed by atoms with Crippen LogP contribution in [-0.4, -0.2) is 65.1 Å². The summed E-state index contributed by atoms with van der Waals surface area (Å²) in [5, 5.41) is 0. The van der Waals surface area contributed by atoms with Gasteiger partial charge in [0.25, 0.3) is 0 Å². The Hall–Kier alpha value is -4.26. The van der Waals surface area contributed by atoms with Gasteiger partial charge < -0.3 is 18.9 Å². The molecular weight excluding hydrogens is 690 g/mol. The van der Waals surface area contributed by atoms with Crippen molar-refractivity contribution in [2.24, 2.45) is 0 Å². The molecule has 4 aromatic rings. The summed E-state index contributed by atoms with van der Waals surface area (Å²) in [6.45, 7) is 1.86. The van der Waals surface area contributed by atoms with Crippen molar-refractivity contribution < 1.29 is 61.4 Å². The molecule has 0 amide bonds. The van der Waals surface area contributed by atoms with Gasteiger partial charge in [-0.2, -0.15) is 35.5 Å². The summed E-state index contributed by atoms with van der Waals surface area (Å²) in [5.41, 5.74) is -3.90. The van der Waals surface area contributed by atoms with Gasteiger partial charge in [0.2, 0.25) is 13.1 Å². The number of hydrogen-bond donors (Lipinski definition) is 0. The number of halogens is 6. The Balaban J connectivity index is 0.000000414. The van der Waals surface area contributed by atoms with Crippen molar-refractivity contribution in [1.82, 2.24) is 0 Å². The number of pyridine rings is 2. The third kappa shape index (κ3) is 12.4. The molecule has 0 aliphatic rings. The van der Waals surface area contributed by atoms with Crippen LogP contribution < -0.4 is 18.9 Å². The molecule has 0 radical (unpaired) electrons. The lowest BCUT2D eigenvalue weighted by Crippen LogP contribution is -2.43. The molecule has 0 spiro atoms. The Morgan fingerprint density at radius 3 is 0.896 bits per heavy atom. The van der Waals surface area contributed by atoms with Crippen molar-refractivity contribution in [2.45, 2.75) is 24.1 Å². The van der Waals surface area contributed by atoms with Crippen molar-refractivity contribution in [2.75, 3.05) is 38.0 Å². The second-order valence-electron chi connectivity index (χ2n) is 10.3. The van der Waals surface area contributed by atoms with E-state index >= 15 is 0 Å². The molecule has 0 atom stereocenters. The first kappa shape index (κ1) is 39.9. The summed E-state index contributed by atoms with van der Waals surface area (Å²) in [7, 11) is -3.92. The van der Waals surface area contributed by atoms with Crippen LogP contribution in [0.5, 0.6) is 0 Å². The van der Waals surface area contributed by atoms with E-state index in [4.69, 9.17) is 25.9 Å². The molecule has 48 heavy (non-hydrogen) atoms. The number of aromatic nitrogens is 2.